The molecule has 0 aromatic rings. The van der Waals surface area contributed by atoms with Crippen LogP contribution in [-0.4, -0.2) is 50.2 Å². The molecule has 0 amide bonds. The van der Waals surface area contributed by atoms with Gasteiger partial charge in [-0.25, -0.2) is 0 Å². The minimum Gasteiger partial charge on any atom is -0.355 e. The molecule has 0 bridgehead atoms. The molecule has 1 fully saturated rings. The van der Waals surface area contributed by atoms with Crippen LogP contribution in [0.2, 0.25) is 0 Å². The fourth-order valence-electron chi connectivity index (χ4n) is 3.17. The topological polar surface area (TPSA) is 72.8 Å². The lowest BCUT2D eigenvalue weighted by Crippen LogP contribution is -2.44. The molecule has 0 aromatic carbocycles. The van der Waals surface area contributed by atoms with Crippen LogP contribution in [-0.2, 0) is 0 Å². The van der Waals surface area contributed by atoms with E-state index in [0.29, 0.717) is 12.1 Å². The number of hydrogen-bond donors (Lipinski definition) is 4. The lowest BCUT2D eigenvalue weighted by atomic mass is 9.93. The molecule has 1 saturated carbocycles. The van der Waals surface area contributed by atoms with E-state index in [-0.39, 0.29) is 0 Å². The molecule has 112 valence electrons. The minimum absolute atomic E-state index is 0.585. The van der Waals surface area contributed by atoms with Crippen LogP contribution in [0, 0.1) is 0 Å². The van der Waals surface area contributed by atoms with E-state index in [1.54, 1.807) is 0 Å². The van der Waals surface area contributed by atoms with Crippen molar-refractivity contribution in [2.45, 2.75) is 50.6 Å². The maximum Gasteiger partial charge on any atom is 0.191 e. The largest absolute Gasteiger partial charge is 0.355 e. The molecule has 0 aromatic heterocycles. The van der Waals surface area contributed by atoms with Gasteiger partial charge in [-0.2, -0.15) is 0 Å². The van der Waals surface area contributed by atoms with Gasteiger partial charge < -0.3 is 21.3 Å². The summed E-state index contributed by atoms with van der Waals surface area (Å²) in [6.45, 7) is 3.79. The molecule has 0 radical (unpaired) electrons. The van der Waals surface area contributed by atoms with Gasteiger partial charge in [0.1, 0.15) is 0 Å². The summed E-state index contributed by atoms with van der Waals surface area (Å²) in [6.07, 6.45) is 7.46. The van der Waals surface area contributed by atoms with Gasteiger partial charge in [-0.3, -0.25) is 9.98 Å². The smallest absolute Gasteiger partial charge is 0.191 e. The summed E-state index contributed by atoms with van der Waals surface area (Å²) < 4.78 is 0. The molecule has 3 aliphatic rings. The Labute approximate surface area is 120 Å². The second-order valence-electron chi connectivity index (χ2n) is 5.86. The van der Waals surface area contributed by atoms with Crippen molar-refractivity contribution in [3.05, 3.63) is 0 Å². The van der Waals surface area contributed by atoms with Crippen LogP contribution in [0.1, 0.15) is 38.5 Å². The fraction of sp³-hybridized carbons (Fsp3) is 0.857. The van der Waals surface area contributed by atoms with Gasteiger partial charge in [-0.15, -0.1) is 0 Å². The van der Waals surface area contributed by atoms with Crippen LogP contribution in [0.4, 0.5) is 0 Å². The van der Waals surface area contributed by atoms with Gasteiger partial charge in [0.05, 0.1) is 13.1 Å². The van der Waals surface area contributed by atoms with Crippen LogP contribution in [0.5, 0.6) is 0 Å². The Morgan fingerprint density at radius 2 is 1.20 bits per heavy atom. The Bertz CT molecular complexity index is 334. The molecule has 6 heteroatoms. The minimum atomic E-state index is 0.585. The van der Waals surface area contributed by atoms with Crippen LogP contribution >= 0.6 is 0 Å². The van der Waals surface area contributed by atoms with E-state index in [9.17, 15) is 0 Å². The van der Waals surface area contributed by atoms with Crippen molar-refractivity contribution in [2.75, 3.05) is 26.2 Å². The second kappa shape index (κ2) is 6.81. The third-order valence-electron chi connectivity index (χ3n) is 4.24. The van der Waals surface area contributed by atoms with Crippen LogP contribution < -0.4 is 21.3 Å². The average Bonchev–Trinajstić information content (AvgIpc) is 3.08. The number of nitrogens with one attached hydrogen (secondary N) is 4. The molecule has 20 heavy (non-hydrogen) atoms. The quantitative estimate of drug-likeness (QED) is 0.581. The van der Waals surface area contributed by atoms with Gasteiger partial charge in [0.25, 0.3) is 0 Å². The summed E-state index contributed by atoms with van der Waals surface area (Å²) >= 11 is 0. The van der Waals surface area contributed by atoms with Crippen molar-refractivity contribution in [3.63, 3.8) is 0 Å². The van der Waals surface area contributed by atoms with E-state index in [1.807, 2.05) is 0 Å². The Hall–Kier alpha value is -1.46. The number of aliphatic imine (C=N–C) groups is 2. The monoisotopic (exact) mass is 278 g/mol. The normalized spacial score (nSPS) is 30.4. The van der Waals surface area contributed by atoms with Crippen LogP contribution in [0.15, 0.2) is 9.98 Å². The zero-order valence-corrected chi connectivity index (χ0v) is 12.1. The summed E-state index contributed by atoms with van der Waals surface area (Å²) in [5.41, 5.74) is 0. The Kier molecular flexibility index (Phi) is 4.61. The zero-order valence-electron chi connectivity index (χ0n) is 12.1. The lowest BCUT2D eigenvalue weighted by molar-refractivity contribution is 0.381. The number of guanidine groups is 2. The average molecular weight is 278 g/mol. The molecule has 3 rings (SSSR count). The van der Waals surface area contributed by atoms with E-state index >= 15 is 0 Å². The molecule has 0 atom stereocenters. The standard InChI is InChI=1S/C14H26N6/c1-3-11(19-13-15-7-8-16-13)5-2-6-12(4-1)20-14-17-9-10-18-14/h11-12H,1-10H2,(H2,15,16,19)(H2,17,18,20). The van der Waals surface area contributed by atoms with Gasteiger partial charge in [0, 0.05) is 25.2 Å². The van der Waals surface area contributed by atoms with Gasteiger partial charge >= 0.3 is 0 Å². The summed E-state index contributed by atoms with van der Waals surface area (Å²) in [6, 6.07) is 1.17. The Morgan fingerprint density at radius 1 is 0.750 bits per heavy atom. The first-order valence-electron chi connectivity index (χ1n) is 8.00. The molecule has 2 heterocycles. The number of nitrogens with zero attached hydrogens (tertiary/aromatic N) is 2. The van der Waals surface area contributed by atoms with Crippen molar-refractivity contribution >= 4 is 11.9 Å². The first-order valence-corrected chi connectivity index (χ1v) is 8.00. The molecule has 2 aliphatic heterocycles. The molecule has 0 unspecified atom stereocenters. The van der Waals surface area contributed by atoms with Crippen LogP contribution in [0.25, 0.3) is 0 Å². The van der Waals surface area contributed by atoms with E-state index in [4.69, 9.17) is 0 Å². The van der Waals surface area contributed by atoms with Crippen molar-refractivity contribution in [3.8, 4) is 0 Å². The fourth-order valence-corrected chi connectivity index (χ4v) is 3.17. The molecule has 0 spiro atoms. The summed E-state index contributed by atoms with van der Waals surface area (Å²) in [5.74, 6) is 2.02. The van der Waals surface area contributed by atoms with E-state index in [0.717, 1.165) is 38.1 Å². The van der Waals surface area contributed by atoms with E-state index in [1.165, 1.54) is 38.5 Å². The maximum absolute atomic E-state index is 4.43. The summed E-state index contributed by atoms with van der Waals surface area (Å²) in [5, 5.41) is 13.7. The lowest BCUT2D eigenvalue weighted by Gasteiger charge is -2.27. The van der Waals surface area contributed by atoms with Crippen molar-refractivity contribution in [1.82, 2.24) is 21.3 Å². The summed E-state index contributed by atoms with van der Waals surface area (Å²) in [4.78, 5) is 8.85. The Balaban J connectivity index is 1.41. The third-order valence-corrected chi connectivity index (χ3v) is 4.24. The maximum atomic E-state index is 4.43. The molecule has 4 N–H and O–H groups in total. The van der Waals surface area contributed by atoms with Crippen LogP contribution in [0.3, 0.4) is 0 Å². The van der Waals surface area contributed by atoms with Gasteiger partial charge in [0.15, 0.2) is 11.9 Å². The highest BCUT2D eigenvalue weighted by atomic mass is 15.2. The van der Waals surface area contributed by atoms with Gasteiger partial charge in [0.2, 0.25) is 0 Å². The highest BCUT2D eigenvalue weighted by Gasteiger charge is 2.19. The molecule has 6 nitrogen and oxygen atoms in total. The van der Waals surface area contributed by atoms with Gasteiger partial charge in [-0.1, -0.05) is 0 Å². The first-order chi connectivity index (χ1) is 9.90. The van der Waals surface area contributed by atoms with E-state index in [2.05, 4.69) is 31.3 Å². The number of hydrogen-bond acceptors (Lipinski definition) is 6. The molecule has 1 aliphatic carbocycles. The first kappa shape index (κ1) is 13.5. The predicted octanol–water partition coefficient (Wildman–Crippen LogP) is 0.175. The van der Waals surface area contributed by atoms with E-state index < -0.39 is 0 Å². The zero-order chi connectivity index (χ0) is 13.6. The third kappa shape index (κ3) is 3.77. The van der Waals surface area contributed by atoms with Crippen molar-refractivity contribution in [1.29, 1.82) is 0 Å². The highest BCUT2D eigenvalue weighted by Crippen LogP contribution is 2.18. The van der Waals surface area contributed by atoms with Crippen molar-refractivity contribution in [2.24, 2.45) is 9.98 Å². The highest BCUT2D eigenvalue weighted by molar-refractivity contribution is 5.81. The predicted molar refractivity (Wildman–Crippen MR) is 82.2 cm³/mol. The Morgan fingerprint density at radius 3 is 1.55 bits per heavy atom. The summed E-state index contributed by atoms with van der Waals surface area (Å²) in [7, 11) is 0. The SMILES string of the molecule is C1CC(NC2=NCCN2)CCCC(NC2=NCCN2)C1. The molecule has 0 saturated heterocycles. The second-order valence-corrected chi connectivity index (χ2v) is 5.86. The van der Waals surface area contributed by atoms with Gasteiger partial charge in [-0.05, 0) is 38.5 Å². The molecular formula is C14H26N6. The van der Waals surface area contributed by atoms with Crippen molar-refractivity contribution < 1.29 is 0 Å². The molecular weight excluding hydrogens is 252 g/mol. The number of rotatable bonds is 2.